The second kappa shape index (κ2) is 20.0. The van der Waals surface area contributed by atoms with E-state index in [0.717, 1.165) is 31.2 Å². The van der Waals surface area contributed by atoms with E-state index in [0.29, 0.717) is 12.8 Å². The Bertz CT molecular complexity index is 2020. The summed E-state index contributed by atoms with van der Waals surface area (Å²) < 4.78 is 61.5. The number of ether oxygens (including phenoxy) is 3. The van der Waals surface area contributed by atoms with E-state index >= 15 is 4.57 Å². The Balaban J connectivity index is 1.51. The number of halogens is 1. The van der Waals surface area contributed by atoms with Crippen LogP contribution in [0.5, 0.6) is 5.75 Å². The highest BCUT2D eigenvalue weighted by Crippen LogP contribution is 2.49. The number of anilines is 1. The van der Waals surface area contributed by atoms with Crippen molar-refractivity contribution in [3.8, 4) is 18.1 Å². The second-order valence-electron chi connectivity index (χ2n) is 14.1. The summed E-state index contributed by atoms with van der Waals surface area (Å²) in [6.07, 6.45) is 8.64. The summed E-state index contributed by atoms with van der Waals surface area (Å²) in [5.74, 6) is 1.19. The van der Waals surface area contributed by atoms with Crippen LogP contribution in [0.2, 0.25) is 0 Å². The molecule has 1 aliphatic heterocycles. The quantitative estimate of drug-likeness (QED) is 0.0370. The molecule has 5 atom stereocenters. The molecule has 0 bridgehead atoms. The maximum atomic E-state index is 15.0. The highest BCUT2D eigenvalue weighted by Gasteiger charge is 2.53. The summed E-state index contributed by atoms with van der Waals surface area (Å²) in [5.41, 5.74) is 4.97. The van der Waals surface area contributed by atoms with Crippen LogP contribution in [0.25, 0.3) is 11.2 Å². The molecule has 4 aromatic rings. The predicted molar refractivity (Wildman–Crippen MR) is 212 cm³/mol. The Morgan fingerprint density at radius 2 is 1.72 bits per heavy atom. The first-order valence-corrected chi connectivity index (χ1v) is 21.0. The minimum atomic E-state index is -4.56. The van der Waals surface area contributed by atoms with Crippen LogP contribution in [-0.4, -0.2) is 62.4 Å². The van der Waals surface area contributed by atoms with E-state index in [-0.39, 0.29) is 48.1 Å². The number of hydrogen-bond donors (Lipinski definition) is 2. The van der Waals surface area contributed by atoms with Crippen LogP contribution in [0.3, 0.4) is 0 Å². The minimum Gasteiger partial charge on any atom is -0.464 e. The molecule has 16 heteroatoms. The molecule has 0 radical (unpaired) electrons. The number of esters is 2. The molecule has 3 heterocycles. The number of carbonyl (C=O) groups excluding carboxylic acids is 2. The zero-order chi connectivity index (χ0) is 41.0. The summed E-state index contributed by atoms with van der Waals surface area (Å²) >= 11 is 0. The number of nitrogens with one attached hydrogen (secondary N) is 1. The lowest BCUT2D eigenvalue weighted by Gasteiger charge is -2.32. The molecule has 5 rings (SSSR count). The lowest BCUT2D eigenvalue weighted by molar-refractivity contribution is -0.163. The van der Waals surface area contributed by atoms with Gasteiger partial charge in [0.1, 0.15) is 30.7 Å². The van der Waals surface area contributed by atoms with E-state index in [1.54, 1.807) is 30.3 Å². The first-order valence-electron chi connectivity index (χ1n) is 19.5. The van der Waals surface area contributed by atoms with Gasteiger partial charge in [0, 0.05) is 6.42 Å². The summed E-state index contributed by atoms with van der Waals surface area (Å²) in [4.78, 5) is 39.2. The largest absolute Gasteiger partial charge is 0.464 e. The fourth-order valence-electron chi connectivity index (χ4n) is 6.72. The van der Waals surface area contributed by atoms with Gasteiger partial charge in [-0.15, -0.1) is 6.42 Å². The summed E-state index contributed by atoms with van der Waals surface area (Å²) in [6.45, 7) is 7.52. The van der Waals surface area contributed by atoms with Crippen molar-refractivity contribution in [3.63, 3.8) is 0 Å². The Labute approximate surface area is 333 Å². The molecule has 0 saturated carbocycles. The van der Waals surface area contributed by atoms with E-state index in [1.165, 1.54) is 10.9 Å². The van der Waals surface area contributed by atoms with E-state index in [4.69, 9.17) is 35.4 Å². The Kier molecular flexibility index (Phi) is 15.2. The maximum Gasteiger partial charge on any atom is 0.459 e. The highest BCUT2D eigenvalue weighted by atomic mass is 31.2. The van der Waals surface area contributed by atoms with E-state index in [9.17, 15) is 14.0 Å². The standard InChI is InChI=1S/C41H52FN6O8P/c1-6-17-30(18-7-2)38(49)54-33-24-34(48-27-44-35-36(43)45-40(42)46-37(35)48)55-41(33,10-5)26-53-57(51,56-31-21-15-12-16-22-31)47-32(23-29-19-13-11-14-20-29)39(50)52-25-28(8-3)9-4/h5,11-16,19-22,27-28,30,32-34H,6-9,17-18,23-26H2,1-4H3,(H,47,51)(H2,43,45,46)/t32-,33-,34+,41+,57-/m0/s1. The van der Waals surface area contributed by atoms with Crippen molar-refractivity contribution in [2.75, 3.05) is 18.9 Å². The topological polar surface area (TPSA) is 179 Å². The van der Waals surface area contributed by atoms with Gasteiger partial charge in [-0.25, -0.2) is 9.55 Å². The first kappa shape index (κ1) is 43.3. The number of imidazole rings is 1. The molecule has 0 aliphatic carbocycles. The zero-order valence-corrected chi connectivity index (χ0v) is 33.7. The minimum absolute atomic E-state index is 0.0223. The number of hydrogen-bond acceptors (Lipinski definition) is 12. The van der Waals surface area contributed by atoms with Crippen LogP contribution >= 0.6 is 7.75 Å². The van der Waals surface area contributed by atoms with Crippen molar-refractivity contribution in [2.45, 2.75) is 103 Å². The number of rotatable bonds is 21. The Hall–Kier alpha value is -4.87. The molecule has 1 aliphatic rings. The van der Waals surface area contributed by atoms with Crippen molar-refractivity contribution in [1.29, 1.82) is 0 Å². The maximum absolute atomic E-state index is 15.0. The summed E-state index contributed by atoms with van der Waals surface area (Å²) in [6, 6.07) is 16.3. The smallest absolute Gasteiger partial charge is 0.459 e. The van der Waals surface area contributed by atoms with E-state index in [2.05, 4.69) is 26.0 Å². The number of aromatic nitrogens is 4. The molecule has 0 spiro atoms. The lowest BCUT2D eigenvalue weighted by Crippen LogP contribution is -2.46. The van der Waals surface area contributed by atoms with Crippen LogP contribution in [0.4, 0.5) is 10.2 Å². The van der Waals surface area contributed by atoms with Crippen molar-refractivity contribution in [1.82, 2.24) is 24.6 Å². The van der Waals surface area contributed by atoms with Crippen molar-refractivity contribution >= 4 is 36.7 Å². The highest BCUT2D eigenvalue weighted by molar-refractivity contribution is 7.52. The molecule has 57 heavy (non-hydrogen) atoms. The molecule has 3 N–H and O–H groups in total. The summed E-state index contributed by atoms with van der Waals surface area (Å²) in [5, 5.41) is 2.85. The zero-order valence-electron chi connectivity index (χ0n) is 32.8. The molecule has 14 nitrogen and oxygen atoms in total. The number of benzene rings is 2. The third kappa shape index (κ3) is 11.0. The lowest BCUT2D eigenvalue weighted by atomic mass is 9.96. The number of fused-ring (bicyclic) bond motifs is 1. The van der Waals surface area contributed by atoms with Gasteiger partial charge in [0.15, 0.2) is 22.6 Å². The molecule has 2 aromatic carbocycles. The van der Waals surface area contributed by atoms with Crippen LogP contribution in [0.15, 0.2) is 67.0 Å². The van der Waals surface area contributed by atoms with Crippen LogP contribution in [0.1, 0.15) is 84.4 Å². The average Bonchev–Trinajstić information content (AvgIpc) is 3.79. The van der Waals surface area contributed by atoms with Gasteiger partial charge in [0.05, 0.1) is 18.9 Å². The van der Waals surface area contributed by atoms with Crippen LogP contribution in [0, 0.1) is 30.3 Å². The molecular weight excluding hydrogens is 754 g/mol. The van der Waals surface area contributed by atoms with Crippen LogP contribution < -0.4 is 15.3 Å². The fraction of sp³-hybridized carbons (Fsp3) is 0.488. The second-order valence-corrected chi connectivity index (χ2v) is 15.8. The molecule has 306 valence electrons. The van der Waals surface area contributed by atoms with Gasteiger partial charge in [-0.05, 0) is 42.9 Å². The molecule has 2 aromatic heterocycles. The third-order valence-corrected chi connectivity index (χ3v) is 11.6. The van der Waals surface area contributed by atoms with Gasteiger partial charge in [0.25, 0.3) is 0 Å². The van der Waals surface area contributed by atoms with Crippen molar-refractivity contribution in [2.24, 2.45) is 11.8 Å². The SMILES string of the molecule is C#C[C@]1(CO[P@@](=O)(N[C@@H](Cc2ccccc2)C(=O)OCC(CC)CC)Oc2ccccc2)O[C@@H](n2cnc3c(N)nc(F)nc32)C[C@@H]1OC(=O)C(CCC)CCC. The average molecular weight is 807 g/mol. The Morgan fingerprint density at radius 1 is 1.05 bits per heavy atom. The number of nitrogen functional groups attached to an aromatic ring is 1. The molecule has 0 amide bonds. The monoisotopic (exact) mass is 806 g/mol. The van der Waals surface area contributed by atoms with Gasteiger partial charge in [-0.3, -0.25) is 18.7 Å². The number of para-hydroxylation sites is 1. The molecule has 1 saturated heterocycles. The number of terminal acetylenes is 1. The number of carbonyl (C=O) groups is 2. The summed E-state index contributed by atoms with van der Waals surface area (Å²) in [7, 11) is -4.56. The van der Waals surface area contributed by atoms with Gasteiger partial charge in [-0.2, -0.15) is 19.4 Å². The van der Waals surface area contributed by atoms with E-state index < -0.39 is 62.3 Å². The molecule has 0 unspecified atom stereocenters. The van der Waals surface area contributed by atoms with Gasteiger partial charge < -0.3 is 24.5 Å². The number of nitrogens with zero attached hydrogens (tertiary/aromatic N) is 4. The van der Waals surface area contributed by atoms with Crippen molar-refractivity contribution in [3.05, 3.63) is 78.6 Å². The first-order chi connectivity index (χ1) is 27.5. The van der Waals surface area contributed by atoms with Gasteiger partial charge >= 0.3 is 25.8 Å². The normalized spacial score (nSPS) is 19.6. The fourth-order valence-corrected chi connectivity index (χ4v) is 8.24. The van der Waals surface area contributed by atoms with Gasteiger partial charge in [0.2, 0.25) is 0 Å². The molecule has 1 fully saturated rings. The van der Waals surface area contributed by atoms with Crippen LogP contribution in [-0.2, 0) is 39.3 Å². The molecular formula is C41H52FN6O8P. The van der Waals surface area contributed by atoms with Crippen molar-refractivity contribution < 1.29 is 41.8 Å². The third-order valence-electron chi connectivity index (χ3n) is 10.0. The predicted octanol–water partition coefficient (Wildman–Crippen LogP) is 7.35. The van der Waals surface area contributed by atoms with Gasteiger partial charge in [-0.1, -0.05) is 108 Å². The van der Waals surface area contributed by atoms with E-state index in [1.807, 2.05) is 58.0 Å². The number of nitrogens with two attached hydrogens (primary N) is 1. The Morgan fingerprint density at radius 3 is 2.35 bits per heavy atom.